The van der Waals surface area contributed by atoms with Crippen molar-refractivity contribution in [2.45, 2.75) is 30.7 Å². The molecule has 0 aliphatic heterocycles. The molecule has 0 bridgehead atoms. The fourth-order valence-corrected chi connectivity index (χ4v) is 3.46. The predicted octanol–water partition coefficient (Wildman–Crippen LogP) is 2.31. The lowest BCUT2D eigenvalue weighted by Crippen LogP contribution is -2.29. The Hall–Kier alpha value is -2.40. The van der Waals surface area contributed by atoms with E-state index in [0.717, 1.165) is 23.4 Å². The number of hydrogen-bond donors (Lipinski definition) is 2. The van der Waals surface area contributed by atoms with Crippen molar-refractivity contribution in [2.24, 2.45) is 5.92 Å². The molecule has 0 fully saturated rings. The van der Waals surface area contributed by atoms with Crippen LogP contribution in [-0.2, 0) is 11.3 Å². The first-order valence-electron chi connectivity index (χ1n) is 9.24. The van der Waals surface area contributed by atoms with E-state index in [-0.39, 0.29) is 11.7 Å². The number of carbonyl (C=O) groups excluding carboxylic acids is 1. The van der Waals surface area contributed by atoms with Crippen LogP contribution in [0.25, 0.3) is 11.0 Å². The minimum atomic E-state index is -0.0716. The summed E-state index contributed by atoms with van der Waals surface area (Å²) < 4.78 is 1.80. The van der Waals surface area contributed by atoms with Crippen molar-refractivity contribution in [3.8, 4) is 0 Å². The molecule has 11 heteroatoms. The van der Waals surface area contributed by atoms with E-state index in [0.29, 0.717) is 29.3 Å². The molecule has 1 amide bonds. The van der Waals surface area contributed by atoms with Gasteiger partial charge in [0, 0.05) is 25.5 Å². The minimum Gasteiger partial charge on any atom is -0.369 e. The average Bonchev–Trinajstić information content (AvgIpc) is 3.14. The van der Waals surface area contributed by atoms with Crippen LogP contribution in [-0.4, -0.2) is 60.7 Å². The molecule has 3 heterocycles. The number of thioether (sulfide) groups is 2. The van der Waals surface area contributed by atoms with Crippen molar-refractivity contribution in [1.82, 2.24) is 35.0 Å². The smallest absolute Gasteiger partial charge is 0.230 e. The number of rotatable bonds is 10. The largest absolute Gasteiger partial charge is 0.369 e. The molecule has 0 atom stereocenters. The van der Waals surface area contributed by atoms with Crippen molar-refractivity contribution in [3.63, 3.8) is 0 Å². The Morgan fingerprint density at radius 1 is 1.21 bits per heavy atom. The van der Waals surface area contributed by atoms with Crippen LogP contribution in [0.4, 0.5) is 5.82 Å². The summed E-state index contributed by atoms with van der Waals surface area (Å²) in [5, 5.41) is 12.9. The SMILES string of the molecule is CSc1nc(NCC(C)C)c2cnn(CCNC(=O)CSc3ncccn3)c2n1. The molecule has 0 aromatic carbocycles. The highest BCUT2D eigenvalue weighted by atomic mass is 32.2. The number of amides is 1. The van der Waals surface area contributed by atoms with Crippen molar-refractivity contribution in [2.75, 3.05) is 30.4 Å². The second-order valence-corrected chi connectivity index (χ2v) is 8.32. The maximum absolute atomic E-state index is 12.1. The first-order chi connectivity index (χ1) is 14.1. The quantitative estimate of drug-likeness (QED) is 0.368. The zero-order chi connectivity index (χ0) is 20.6. The van der Waals surface area contributed by atoms with Gasteiger partial charge in [0.2, 0.25) is 5.91 Å². The van der Waals surface area contributed by atoms with Gasteiger partial charge in [-0.2, -0.15) is 5.10 Å². The van der Waals surface area contributed by atoms with Gasteiger partial charge in [0.15, 0.2) is 16.0 Å². The van der Waals surface area contributed by atoms with Gasteiger partial charge in [0.1, 0.15) is 5.82 Å². The van der Waals surface area contributed by atoms with E-state index in [1.165, 1.54) is 23.5 Å². The Balaban J connectivity index is 1.59. The molecule has 29 heavy (non-hydrogen) atoms. The van der Waals surface area contributed by atoms with E-state index >= 15 is 0 Å². The van der Waals surface area contributed by atoms with E-state index in [1.54, 1.807) is 29.3 Å². The van der Waals surface area contributed by atoms with Gasteiger partial charge in [-0.1, -0.05) is 37.4 Å². The summed E-state index contributed by atoms with van der Waals surface area (Å²) in [5.41, 5.74) is 0.761. The van der Waals surface area contributed by atoms with Gasteiger partial charge in [-0.3, -0.25) is 4.79 Å². The highest BCUT2D eigenvalue weighted by Crippen LogP contribution is 2.23. The van der Waals surface area contributed by atoms with Gasteiger partial charge in [-0.05, 0) is 18.2 Å². The molecular formula is C18H24N8OS2. The summed E-state index contributed by atoms with van der Waals surface area (Å²) in [6.45, 7) is 6.10. The number of fused-ring (bicyclic) bond motifs is 1. The molecule has 2 N–H and O–H groups in total. The molecule has 0 aliphatic rings. The molecule has 3 rings (SSSR count). The van der Waals surface area contributed by atoms with Crippen LogP contribution in [0.1, 0.15) is 13.8 Å². The van der Waals surface area contributed by atoms with Crippen molar-refractivity contribution in [3.05, 3.63) is 24.7 Å². The van der Waals surface area contributed by atoms with Gasteiger partial charge in [0.25, 0.3) is 0 Å². The molecule has 3 aromatic rings. The Bertz CT molecular complexity index is 948. The summed E-state index contributed by atoms with van der Waals surface area (Å²) >= 11 is 2.80. The van der Waals surface area contributed by atoms with Gasteiger partial charge in [-0.15, -0.1) is 0 Å². The summed E-state index contributed by atoms with van der Waals surface area (Å²) in [4.78, 5) is 29.4. The standard InChI is InChI=1S/C18H24N8OS2/c1-12(2)9-22-15-13-10-23-26(16(13)25-18(24-15)28-3)8-7-19-14(27)11-29-17-20-5-4-6-21-17/h4-6,10,12H,7-9,11H2,1-3H3,(H,19,27)(H,22,24,25). The molecular weight excluding hydrogens is 408 g/mol. The zero-order valence-electron chi connectivity index (χ0n) is 16.6. The van der Waals surface area contributed by atoms with Crippen LogP contribution < -0.4 is 10.6 Å². The highest BCUT2D eigenvalue weighted by molar-refractivity contribution is 7.99. The van der Waals surface area contributed by atoms with Gasteiger partial charge < -0.3 is 10.6 Å². The molecule has 9 nitrogen and oxygen atoms in total. The lowest BCUT2D eigenvalue weighted by molar-refractivity contribution is -0.118. The number of aromatic nitrogens is 6. The van der Waals surface area contributed by atoms with Crippen molar-refractivity contribution < 1.29 is 4.79 Å². The Labute approximate surface area is 177 Å². The molecule has 3 aromatic heterocycles. The highest BCUT2D eigenvalue weighted by Gasteiger charge is 2.13. The minimum absolute atomic E-state index is 0.0716. The Morgan fingerprint density at radius 2 is 2.00 bits per heavy atom. The number of anilines is 1. The van der Waals surface area contributed by atoms with E-state index in [9.17, 15) is 4.79 Å². The maximum atomic E-state index is 12.1. The van der Waals surface area contributed by atoms with Crippen LogP contribution >= 0.6 is 23.5 Å². The number of nitrogens with zero attached hydrogens (tertiary/aromatic N) is 6. The lowest BCUT2D eigenvalue weighted by atomic mass is 10.2. The van der Waals surface area contributed by atoms with Crippen LogP contribution in [0.2, 0.25) is 0 Å². The second-order valence-electron chi connectivity index (χ2n) is 6.61. The molecule has 0 radical (unpaired) electrons. The van der Waals surface area contributed by atoms with Crippen LogP contribution in [0, 0.1) is 5.92 Å². The number of carbonyl (C=O) groups is 1. The molecule has 0 unspecified atom stereocenters. The summed E-state index contributed by atoms with van der Waals surface area (Å²) in [6, 6.07) is 1.74. The van der Waals surface area contributed by atoms with E-state index < -0.39 is 0 Å². The molecule has 154 valence electrons. The lowest BCUT2D eigenvalue weighted by Gasteiger charge is -2.10. The third-order valence-electron chi connectivity index (χ3n) is 3.86. The normalized spacial score (nSPS) is 11.2. The molecule has 0 aliphatic carbocycles. The van der Waals surface area contributed by atoms with Crippen LogP contribution in [0.3, 0.4) is 0 Å². The summed E-state index contributed by atoms with van der Waals surface area (Å²) in [6.07, 6.45) is 7.03. The fourth-order valence-electron chi connectivity index (χ4n) is 2.47. The van der Waals surface area contributed by atoms with Gasteiger partial charge >= 0.3 is 0 Å². The molecule has 0 spiro atoms. The van der Waals surface area contributed by atoms with E-state index in [1.807, 2.05) is 6.26 Å². The predicted molar refractivity (Wildman–Crippen MR) is 116 cm³/mol. The summed E-state index contributed by atoms with van der Waals surface area (Å²) in [7, 11) is 0. The van der Waals surface area contributed by atoms with Crippen LogP contribution in [0.5, 0.6) is 0 Å². The maximum Gasteiger partial charge on any atom is 0.230 e. The van der Waals surface area contributed by atoms with Crippen molar-refractivity contribution in [1.29, 1.82) is 0 Å². The Kier molecular flexibility index (Phi) is 7.64. The zero-order valence-corrected chi connectivity index (χ0v) is 18.3. The second kappa shape index (κ2) is 10.4. The van der Waals surface area contributed by atoms with Crippen molar-refractivity contribution >= 4 is 46.3 Å². The fraction of sp³-hybridized carbons (Fsp3) is 0.444. The van der Waals surface area contributed by atoms with E-state index in [2.05, 4.69) is 49.5 Å². The number of hydrogen-bond acceptors (Lipinski definition) is 9. The topological polar surface area (TPSA) is 111 Å². The van der Waals surface area contributed by atoms with Crippen LogP contribution in [0.15, 0.2) is 35.0 Å². The number of nitrogens with one attached hydrogen (secondary N) is 2. The first-order valence-corrected chi connectivity index (χ1v) is 11.5. The Morgan fingerprint density at radius 3 is 2.72 bits per heavy atom. The monoisotopic (exact) mass is 432 g/mol. The van der Waals surface area contributed by atoms with Gasteiger partial charge in [0.05, 0.1) is 23.9 Å². The third kappa shape index (κ3) is 6.04. The molecule has 0 saturated heterocycles. The third-order valence-corrected chi connectivity index (χ3v) is 5.28. The average molecular weight is 433 g/mol. The molecule has 0 saturated carbocycles. The first kappa shape index (κ1) is 21.3. The van der Waals surface area contributed by atoms with Gasteiger partial charge in [-0.25, -0.2) is 24.6 Å². The summed E-state index contributed by atoms with van der Waals surface area (Å²) in [5.74, 6) is 1.49. The van der Waals surface area contributed by atoms with E-state index in [4.69, 9.17) is 0 Å².